The number of amides is 3. The topological polar surface area (TPSA) is 119 Å². The van der Waals surface area contributed by atoms with Gasteiger partial charge in [-0.1, -0.05) is 0 Å². The average Bonchev–Trinajstić information content (AvgIpc) is 3.25. The minimum Gasteiger partial charge on any atom is -0.493 e. The average molecular weight is 377 g/mol. The zero-order valence-corrected chi connectivity index (χ0v) is 14.6. The van der Waals surface area contributed by atoms with Crippen LogP contribution in [0.1, 0.15) is 40.0 Å². The van der Waals surface area contributed by atoms with Gasteiger partial charge in [0.1, 0.15) is 12.4 Å². The van der Waals surface area contributed by atoms with Gasteiger partial charge in [0.05, 0.1) is 30.7 Å². The summed E-state index contributed by atoms with van der Waals surface area (Å²) >= 11 is 0. The Labute approximate surface area is 154 Å². The normalized spacial score (nSPS) is 15.9. The number of hydrogen-bond donors (Lipinski definition) is 0. The highest BCUT2D eigenvalue weighted by Crippen LogP contribution is 2.27. The van der Waals surface area contributed by atoms with Crippen LogP contribution in [0.15, 0.2) is 18.2 Å². The molecular weight excluding hydrogens is 358 g/mol. The monoisotopic (exact) mass is 377 g/mol. The number of nitrogens with zero attached hydrogens (tertiary/aromatic N) is 3. The number of imide groups is 1. The third-order valence-corrected chi connectivity index (χ3v) is 4.50. The smallest absolute Gasteiger partial charge is 0.294 e. The standard InChI is InChI=1S/C17H19N3O7/c21-15(18-6-1-2-7-18)5-9-26-12-3-4-13-14(11-12)17(23)19(16(13)22)8-10-27-20(24)25/h3-4,11H,1-2,5-10H2. The van der Waals surface area contributed by atoms with E-state index in [0.29, 0.717) is 5.75 Å². The van der Waals surface area contributed by atoms with Gasteiger partial charge in [-0.3, -0.25) is 19.3 Å². The van der Waals surface area contributed by atoms with Gasteiger partial charge in [0, 0.05) is 13.1 Å². The summed E-state index contributed by atoms with van der Waals surface area (Å²) in [5, 5.41) is 9.20. The van der Waals surface area contributed by atoms with Gasteiger partial charge >= 0.3 is 0 Å². The van der Waals surface area contributed by atoms with Crippen molar-refractivity contribution in [1.29, 1.82) is 0 Å². The van der Waals surface area contributed by atoms with Crippen LogP contribution in [-0.2, 0) is 9.63 Å². The fraction of sp³-hybridized carbons (Fsp3) is 0.471. The molecule has 1 aromatic carbocycles. The van der Waals surface area contributed by atoms with E-state index in [-0.39, 0.29) is 43.2 Å². The van der Waals surface area contributed by atoms with Crippen molar-refractivity contribution in [1.82, 2.24) is 9.80 Å². The number of fused-ring (bicyclic) bond motifs is 1. The molecular formula is C17H19N3O7. The lowest BCUT2D eigenvalue weighted by atomic mass is 10.1. The Bertz CT molecular complexity index is 774. The van der Waals surface area contributed by atoms with Gasteiger partial charge in [-0.15, -0.1) is 10.1 Å². The molecule has 0 spiro atoms. The number of hydrogen-bond acceptors (Lipinski definition) is 7. The summed E-state index contributed by atoms with van der Waals surface area (Å²) in [5.74, 6) is -0.664. The first-order valence-corrected chi connectivity index (χ1v) is 8.65. The second-order valence-corrected chi connectivity index (χ2v) is 6.21. The van der Waals surface area contributed by atoms with E-state index in [1.165, 1.54) is 12.1 Å². The number of ether oxygens (including phenoxy) is 1. The predicted octanol–water partition coefficient (Wildman–Crippen LogP) is 0.882. The first kappa shape index (κ1) is 18.6. The highest BCUT2D eigenvalue weighted by Gasteiger charge is 2.35. The van der Waals surface area contributed by atoms with E-state index in [9.17, 15) is 24.5 Å². The second-order valence-electron chi connectivity index (χ2n) is 6.21. The van der Waals surface area contributed by atoms with Crippen molar-refractivity contribution in [2.45, 2.75) is 19.3 Å². The molecule has 1 aromatic rings. The summed E-state index contributed by atoms with van der Waals surface area (Å²) in [7, 11) is 0. The van der Waals surface area contributed by atoms with Gasteiger partial charge in [-0.25, -0.2) is 0 Å². The van der Waals surface area contributed by atoms with Gasteiger partial charge in [0.25, 0.3) is 16.9 Å². The first-order valence-electron chi connectivity index (χ1n) is 8.65. The minimum atomic E-state index is -0.979. The van der Waals surface area contributed by atoms with Crippen LogP contribution in [0.2, 0.25) is 0 Å². The van der Waals surface area contributed by atoms with Crippen LogP contribution < -0.4 is 4.74 Å². The largest absolute Gasteiger partial charge is 0.493 e. The molecule has 0 radical (unpaired) electrons. The van der Waals surface area contributed by atoms with E-state index in [1.54, 1.807) is 11.0 Å². The Morgan fingerprint density at radius 3 is 2.52 bits per heavy atom. The third kappa shape index (κ3) is 4.15. The molecule has 2 heterocycles. The van der Waals surface area contributed by atoms with E-state index >= 15 is 0 Å². The van der Waals surface area contributed by atoms with E-state index in [1.807, 2.05) is 0 Å². The van der Waals surface area contributed by atoms with Crippen molar-refractivity contribution in [3.8, 4) is 5.75 Å². The quantitative estimate of drug-likeness (QED) is 0.375. The zero-order chi connectivity index (χ0) is 19.4. The van der Waals surface area contributed by atoms with E-state index in [2.05, 4.69) is 4.84 Å². The molecule has 0 atom stereocenters. The number of rotatable bonds is 8. The van der Waals surface area contributed by atoms with Crippen molar-refractivity contribution in [2.24, 2.45) is 0 Å². The molecule has 27 heavy (non-hydrogen) atoms. The molecule has 3 amide bonds. The number of benzene rings is 1. The van der Waals surface area contributed by atoms with Gasteiger partial charge in [-0.2, -0.15) is 0 Å². The lowest BCUT2D eigenvalue weighted by Crippen LogP contribution is -2.33. The van der Waals surface area contributed by atoms with Crippen LogP contribution in [0, 0.1) is 10.1 Å². The van der Waals surface area contributed by atoms with Crippen molar-refractivity contribution in [3.05, 3.63) is 39.4 Å². The molecule has 0 N–H and O–H groups in total. The number of carbonyl (C=O) groups is 3. The fourth-order valence-electron chi connectivity index (χ4n) is 3.15. The Kier molecular flexibility index (Phi) is 5.53. The summed E-state index contributed by atoms with van der Waals surface area (Å²) in [6.45, 7) is 1.14. The van der Waals surface area contributed by atoms with Gasteiger partial charge < -0.3 is 14.5 Å². The summed E-state index contributed by atoms with van der Waals surface area (Å²) in [4.78, 5) is 53.6. The Morgan fingerprint density at radius 1 is 1.11 bits per heavy atom. The van der Waals surface area contributed by atoms with Crippen molar-refractivity contribution >= 4 is 17.7 Å². The highest BCUT2D eigenvalue weighted by molar-refractivity contribution is 6.21. The molecule has 0 aromatic heterocycles. The van der Waals surface area contributed by atoms with Crippen LogP contribution >= 0.6 is 0 Å². The molecule has 10 nitrogen and oxygen atoms in total. The number of likely N-dealkylation sites (tertiary alicyclic amines) is 1. The van der Waals surface area contributed by atoms with Crippen LogP contribution in [0.25, 0.3) is 0 Å². The number of carbonyl (C=O) groups excluding carboxylic acids is 3. The molecule has 1 fully saturated rings. The molecule has 1 saturated heterocycles. The second kappa shape index (κ2) is 8.02. The molecule has 2 aliphatic rings. The van der Waals surface area contributed by atoms with E-state index < -0.39 is 16.9 Å². The zero-order valence-electron chi connectivity index (χ0n) is 14.6. The third-order valence-electron chi connectivity index (χ3n) is 4.50. The van der Waals surface area contributed by atoms with Gasteiger partial charge in [0.2, 0.25) is 5.91 Å². The predicted molar refractivity (Wildman–Crippen MR) is 90.7 cm³/mol. The Hall–Kier alpha value is -3.17. The lowest BCUT2D eigenvalue weighted by molar-refractivity contribution is -0.757. The van der Waals surface area contributed by atoms with Crippen LogP contribution in [0.5, 0.6) is 5.75 Å². The van der Waals surface area contributed by atoms with Crippen molar-refractivity contribution in [3.63, 3.8) is 0 Å². The molecule has 2 aliphatic heterocycles. The minimum absolute atomic E-state index is 0.0388. The van der Waals surface area contributed by atoms with Crippen LogP contribution in [0.3, 0.4) is 0 Å². The SMILES string of the molecule is O=C(CCOc1ccc2c(c1)C(=O)N(CCO[N+](=O)[O-])C2=O)N1CCCC1. The van der Waals surface area contributed by atoms with Crippen molar-refractivity contribution in [2.75, 3.05) is 32.8 Å². The molecule has 0 saturated carbocycles. The molecule has 10 heteroatoms. The fourth-order valence-corrected chi connectivity index (χ4v) is 3.15. The molecule has 0 bridgehead atoms. The maximum absolute atomic E-state index is 12.4. The summed E-state index contributed by atoms with van der Waals surface area (Å²) < 4.78 is 5.55. The maximum atomic E-state index is 12.4. The maximum Gasteiger partial charge on any atom is 0.294 e. The van der Waals surface area contributed by atoms with E-state index in [0.717, 1.165) is 30.8 Å². The van der Waals surface area contributed by atoms with Crippen LogP contribution in [0.4, 0.5) is 0 Å². The van der Waals surface area contributed by atoms with Gasteiger partial charge in [0.15, 0.2) is 0 Å². The highest BCUT2D eigenvalue weighted by atomic mass is 16.9. The van der Waals surface area contributed by atoms with Gasteiger partial charge in [-0.05, 0) is 31.0 Å². The Balaban J connectivity index is 1.56. The summed E-state index contributed by atoms with van der Waals surface area (Å²) in [5.41, 5.74) is 0.381. The first-order chi connectivity index (χ1) is 13.0. The molecule has 3 rings (SSSR count). The molecule has 0 unspecified atom stereocenters. The van der Waals surface area contributed by atoms with Crippen molar-refractivity contribution < 1.29 is 29.0 Å². The summed E-state index contributed by atoms with van der Waals surface area (Å²) in [6.07, 6.45) is 2.29. The van der Waals surface area contributed by atoms with Crippen LogP contribution in [-0.4, -0.2) is 65.5 Å². The Morgan fingerprint density at radius 2 is 1.81 bits per heavy atom. The summed E-state index contributed by atoms with van der Waals surface area (Å²) in [6, 6.07) is 4.48. The molecule has 144 valence electrons. The molecule has 0 aliphatic carbocycles. The van der Waals surface area contributed by atoms with E-state index in [4.69, 9.17) is 4.74 Å². The lowest BCUT2D eigenvalue weighted by Gasteiger charge is -2.15.